The topological polar surface area (TPSA) is 59.7 Å². The predicted octanol–water partition coefficient (Wildman–Crippen LogP) is 7.90. The molecule has 4 rings (SSSR count). The third-order valence-corrected chi connectivity index (χ3v) is 6.26. The van der Waals surface area contributed by atoms with Crippen molar-refractivity contribution in [3.8, 4) is 11.5 Å². The van der Waals surface area contributed by atoms with Gasteiger partial charge in [-0.15, -0.1) is 0 Å². The number of aromatic hydroxyl groups is 1. The van der Waals surface area contributed by atoms with Crippen LogP contribution in [-0.2, 0) is 6.42 Å². The van der Waals surface area contributed by atoms with Gasteiger partial charge in [-0.2, -0.15) is 0 Å². The molecule has 0 aliphatic heterocycles. The van der Waals surface area contributed by atoms with Crippen molar-refractivity contribution in [3.05, 3.63) is 98.6 Å². The van der Waals surface area contributed by atoms with E-state index in [0.717, 1.165) is 17.4 Å². The lowest BCUT2D eigenvalue weighted by molar-refractivity contribution is 0.103. The van der Waals surface area contributed by atoms with E-state index in [2.05, 4.69) is 38.4 Å². The summed E-state index contributed by atoms with van der Waals surface area (Å²) in [6.07, 6.45) is 1.46. The molecule has 4 aromatic rings. The molecule has 0 aliphatic carbocycles. The van der Waals surface area contributed by atoms with Crippen molar-refractivity contribution in [2.75, 3.05) is 0 Å². The lowest BCUT2D eigenvalue weighted by Crippen LogP contribution is -2.04. The molecule has 1 N–H and O–H groups in total. The minimum atomic E-state index is -0.170. The Bertz CT molecular complexity index is 1300. The molecule has 0 amide bonds. The maximum Gasteiger partial charge on any atom is 0.197 e. The summed E-state index contributed by atoms with van der Waals surface area (Å²) in [5.74, 6) is 1.62. The zero-order chi connectivity index (χ0) is 22.8. The van der Waals surface area contributed by atoms with Crippen LogP contribution in [-0.4, -0.2) is 10.9 Å². The van der Waals surface area contributed by atoms with Crippen LogP contribution in [0.15, 0.2) is 80.6 Å². The van der Waals surface area contributed by atoms with Crippen LogP contribution in [0.2, 0.25) is 0 Å². The molecule has 0 saturated heterocycles. The van der Waals surface area contributed by atoms with E-state index in [-0.39, 0.29) is 11.5 Å². The first-order valence-electron chi connectivity index (χ1n) is 10.1. The standard InChI is InChI=1S/C26H20Br2O4/c1-3-7-22-24(25(29)17-12-20(27)26(30)21(28)13-17)19-11-10-18(14-23(19)32-22)31-15(2)16-8-5-4-6-9-16/h4-6,8-14,30H,2-3,7H2,1H3. The van der Waals surface area contributed by atoms with Gasteiger partial charge in [0.2, 0.25) is 0 Å². The molecule has 1 heterocycles. The highest BCUT2D eigenvalue weighted by Crippen LogP contribution is 2.37. The van der Waals surface area contributed by atoms with Gasteiger partial charge in [0.15, 0.2) is 5.78 Å². The van der Waals surface area contributed by atoms with Crippen molar-refractivity contribution in [2.45, 2.75) is 19.8 Å². The monoisotopic (exact) mass is 554 g/mol. The minimum absolute atomic E-state index is 0.0489. The molecule has 0 atom stereocenters. The number of rotatable bonds is 7. The van der Waals surface area contributed by atoms with Crippen LogP contribution in [0.1, 0.15) is 40.6 Å². The largest absolute Gasteiger partial charge is 0.506 e. The van der Waals surface area contributed by atoms with Gasteiger partial charge in [0, 0.05) is 29.0 Å². The lowest BCUT2D eigenvalue weighted by Gasteiger charge is -2.09. The van der Waals surface area contributed by atoms with Crippen molar-refractivity contribution >= 4 is 54.4 Å². The summed E-state index contributed by atoms with van der Waals surface area (Å²) in [7, 11) is 0. The normalized spacial score (nSPS) is 11.0. The number of benzene rings is 3. The van der Waals surface area contributed by atoms with Crippen molar-refractivity contribution in [2.24, 2.45) is 0 Å². The Labute approximate surface area is 202 Å². The van der Waals surface area contributed by atoms with Crippen molar-refractivity contribution in [3.63, 3.8) is 0 Å². The number of fused-ring (bicyclic) bond motifs is 1. The number of ether oxygens (including phenoxy) is 1. The van der Waals surface area contributed by atoms with Gasteiger partial charge >= 0.3 is 0 Å². The lowest BCUT2D eigenvalue weighted by atomic mass is 9.98. The maximum atomic E-state index is 13.5. The predicted molar refractivity (Wildman–Crippen MR) is 133 cm³/mol. The van der Waals surface area contributed by atoms with Gasteiger partial charge in [0.25, 0.3) is 0 Å². The van der Waals surface area contributed by atoms with E-state index in [9.17, 15) is 9.90 Å². The fourth-order valence-electron chi connectivity index (χ4n) is 3.51. The number of ketones is 1. The molecule has 0 radical (unpaired) electrons. The Balaban J connectivity index is 1.73. The van der Waals surface area contributed by atoms with Gasteiger partial charge in [-0.1, -0.05) is 43.8 Å². The van der Waals surface area contributed by atoms with Crippen LogP contribution >= 0.6 is 31.9 Å². The molecule has 1 aromatic heterocycles. The summed E-state index contributed by atoms with van der Waals surface area (Å²) >= 11 is 6.60. The number of aryl methyl sites for hydroxylation is 1. The molecule has 0 spiro atoms. The van der Waals surface area contributed by atoms with E-state index in [4.69, 9.17) is 9.15 Å². The molecule has 0 saturated carbocycles. The van der Waals surface area contributed by atoms with Crippen LogP contribution in [0.25, 0.3) is 16.7 Å². The number of carbonyl (C=O) groups excluding carboxylic acids is 1. The third-order valence-electron chi connectivity index (χ3n) is 5.05. The SMILES string of the molecule is C=C(Oc1ccc2c(C(=O)c3cc(Br)c(O)c(Br)c3)c(CCC)oc2c1)c1ccccc1. The highest BCUT2D eigenvalue weighted by Gasteiger charge is 2.23. The summed E-state index contributed by atoms with van der Waals surface area (Å²) in [5.41, 5.74) is 2.43. The molecular weight excluding hydrogens is 536 g/mol. The summed E-state index contributed by atoms with van der Waals surface area (Å²) in [5, 5.41) is 10.7. The Hall–Kier alpha value is -2.83. The number of halogens is 2. The van der Waals surface area contributed by atoms with Crippen LogP contribution in [0, 0.1) is 0 Å². The maximum absolute atomic E-state index is 13.5. The first-order chi connectivity index (χ1) is 15.4. The first kappa shape index (κ1) is 22.4. The molecule has 32 heavy (non-hydrogen) atoms. The average molecular weight is 556 g/mol. The van der Waals surface area contributed by atoms with Crippen LogP contribution < -0.4 is 4.74 Å². The Morgan fingerprint density at radius 2 is 1.72 bits per heavy atom. The minimum Gasteiger partial charge on any atom is -0.506 e. The number of hydrogen-bond donors (Lipinski definition) is 1. The van der Waals surface area contributed by atoms with Crippen LogP contribution in [0.4, 0.5) is 0 Å². The number of phenols is 1. The molecule has 0 aliphatic rings. The van der Waals surface area contributed by atoms with E-state index in [1.807, 2.05) is 43.3 Å². The van der Waals surface area contributed by atoms with Crippen molar-refractivity contribution in [1.82, 2.24) is 0 Å². The van der Waals surface area contributed by atoms with Crippen LogP contribution in [0.3, 0.4) is 0 Å². The van der Waals surface area contributed by atoms with Gasteiger partial charge in [0.05, 0.1) is 14.5 Å². The molecule has 0 fully saturated rings. The van der Waals surface area contributed by atoms with Gasteiger partial charge in [-0.3, -0.25) is 4.79 Å². The van der Waals surface area contributed by atoms with Gasteiger partial charge < -0.3 is 14.3 Å². The van der Waals surface area contributed by atoms with E-state index in [0.29, 0.717) is 49.3 Å². The number of phenolic OH excluding ortho intramolecular Hbond substituents is 1. The molecule has 4 nitrogen and oxygen atoms in total. The molecule has 0 unspecified atom stereocenters. The van der Waals surface area contributed by atoms with Gasteiger partial charge in [-0.05, 0) is 62.5 Å². The molecular formula is C26H20Br2O4. The first-order valence-corrected chi connectivity index (χ1v) is 11.7. The smallest absolute Gasteiger partial charge is 0.197 e. The zero-order valence-corrected chi connectivity index (χ0v) is 20.5. The van der Waals surface area contributed by atoms with E-state index in [1.54, 1.807) is 24.3 Å². The number of hydrogen-bond acceptors (Lipinski definition) is 4. The van der Waals surface area contributed by atoms with E-state index < -0.39 is 0 Å². The Morgan fingerprint density at radius 3 is 2.38 bits per heavy atom. The Morgan fingerprint density at radius 1 is 1.03 bits per heavy atom. The number of carbonyl (C=O) groups is 1. The second-order valence-electron chi connectivity index (χ2n) is 7.32. The van der Waals surface area contributed by atoms with Crippen molar-refractivity contribution in [1.29, 1.82) is 0 Å². The van der Waals surface area contributed by atoms with Gasteiger partial charge in [-0.25, -0.2) is 0 Å². The molecule has 0 bridgehead atoms. The number of furan rings is 1. The Kier molecular flexibility index (Phi) is 6.53. The average Bonchev–Trinajstić information content (AvgIpc) is 3.14. The summed E-state index contributed by atoms with van der Waals surface area (Å²) in [6.45, 7) is 6.04. The van der Waals surface area contributed by atoms with E-state index in [1.165, 1.54) is 0 Å². The highest BCUT2D eigenvalue weighted by molar-refractivity contribution is 9.11. The van der Waals surface area contributed by atoms with Crippen molar-refractivity contribution < 1.29 is 19.1 Å². The quantitative estimate of drug-likeness (QED) is 0.186. The fourth-order valence-corrected chi connectivity index (χ4v) is 4.70. The van der Waals surface area contributed by atoms with E-state index >= 15 is 0 Å². The second-order valence-corrected chi connectivity index (χ2v) is 9.03. The summed E-state index contributed by atoms with van der Waals surface area (Å²) in [4.78, 5) is 13.5. The summed E-state index contributed by atoms with van der Waals surface area (Å²) in [6, 6.07) is 18.3. The van der Waals surface area contributed by atoms with Crippen LogP contribution in [0.5, 0.6) is 11.5 Å². The second kappa shape index (κ2) is 9.35. The zero-order valence-electron chi connectivity index (χ0n) is 17.3. The molecule has 3 aromatic carbocycles. The fraction of sp³-hybridized carbons (Fsp3) is 0.115. The summed E-state index contributed by atoms with van der Waals surface area (Å²) < 4.78 is 12.9. The molecule has 162 valence electrons. The molecule has 6 heteroatoms. The van der Waals surface area contributed by atoms with Gasteiger partial charge in [0.1, 0.15) is 28.6 Å². The highest BCUT2D eigenvalue weighted by atomic mass is 79.9. The third kappa shape index (κ3) is 4.38.